The molecule has 7 nitrogen and oxygen atoms in total. The van der Waals surface area contributed by atoms with Gasteiger partial charge in [-0.05, 0) is 39.7 Å². The molecule has 1 N–H and O–H groups in total. The van der Waals surface area contributed by atoms with E-state index in [0.717, 1.165) is 35.5 Å². The van der Waals surface area contributed by atoms with Gasteiger partial charge in [0.25, 0.3) is 5.91 Å². The second-order valence-corrected chi connectivity index (χ2v) is 8.43. The fraction of sp³-hybridized carbons (Fsp3) is 0.667. The first kappa shape index (κ1) is 20.7. The van der Waals surface area contributed by atoms with Crippen molar-refractivity contribution < 1.29 is 9.53 Å². The van der Waals surface area contributed by atoms with E-state index in [0.29, 0.717) is 12.1 Å². The zero-order chi connectivity index (χ0) is 20.6. The van der Waals surface area contributed by atoms with Gasteiger partial charge < -0.3 is 10.1 Å². The summed E-state index contributed by atoms with van der Waals surface area (Å²) in [4.78, 5) is 20.2. The highest BCUT2D eigenvalue weighted by molar-refractivity contribution is 6.06. The molecule has 1 saturated heterocycles. The molecule has 0 radical (unpaired) electrons. The van der Waals surface area contributed by atoms with Gasteiger partial charge in [0.05, 0.1) is 28.9 Å². The van der Waals surface area contributed by atoms with Crippen LogP contribution < -0.4 is 5.32 Å². The van der Waals surface area contributed by atoms with Crippen molar-refractivity contribution in [2.75, 3.05) is 19.6 Å². The number of nitrogens with zero attached hydrogens (tertiary/aromatic N) is 4. The highest BCUT2D eigenvalue weighted by atomic mass is 16.5. The number of fused-ring (bicyclic) bond motifs is 1. The molecule has 0 aromatic carbocycles. The lowest BCUT2D eigenvalue weighted by atomic mass is 10.0. The first-order valence-corrected chi connectivity index (χ1v) is 10.2. The Labute approximate surface area is 167 Å². The summed E-state index contributed by atoms with van der Waals surface area (Å²) in [6, 6.07) is 2.16. The molecule has 7 heteroatoms. The summed E-state index contributed by atoms with van der Waals surface area (Å²) >= 11 is 0. The molecule has 2 aromatic rings. The summed E-state index contributed by atoms with van der Waals surface area (Å²) in [7, 11) is 1.87. The molecule has 1 amide bonds. The van der Waals surface area contributed by atoms with Crippen molar-refractivity contribution >= 4 is 16.9 Å². The van der Waals surface area contributed by atoms with Gasteiger partial charge in [-0.1, -0.05) is 13.8 Å². The number of morpholine rings is 1. The Bertz CT molecular complexity index is 850. The van der Waals surface area contributed by atoms with Crippen LogP contribution in [0.3, 0.4) is 0 Å². The lowest BCUT2D eigenvalue weighted by Crippen LogP contribution is -2.52. The van der Waals surface area contributed by atoms with Crippen molar-refractivity contribution in [2.24, 2.45) is 7.05 Å². The number of pyridine rings is 1. The average molecular weight is 388 g/mol. The minimum Gasteiger partial charge on any atom is -0.373 e. The van der Waals surface area contributed by atoms with Gasteiger partial charge in [0, 0.05) is 38.4 Å². The van der Waals surface area contributed by atoms with Crippen LogP contribution >= 0.6 is 0 Å². The minimum atomic E-state index is -0.0633. The summed E-state index contributed by atoms with van der Waals surface area (Å²) in [6.07, 6.45) is 0.432. The van der Waals surface area contributed by atoms with E-state index in [4.69, 9.17) is 9.72 Å². The van der Waals surface area contributed by atoms with Gasteiger partial charge in [-0.25, -0.2) is 4.98 Å². The van der Waals surface area contributed by atoms with Crippen molar-refractivity contribution in [1.82, 2.24) is 25.0 Å². The predicted molar refractivity (Wildman–Crippen MR) is 111 cm³/mol. The first-order chi connectivity index (χ1) is 13.2. The largest absolute Gasteiger partial charge is 0.373 e. The number of amides is 1. The third-order valence-electron chi connectivity index (χ3n) is 5.45. The number of carbonyl (C=O) groups is 1. The van der Waals surface area contributed by atoms with E-state index in [2.05, 4.69) is 49.9 Å². The van der Waals surface area contributed by atoms with E-state index >= 15 is 0 Å². The Morgan fingerprint density at radius 3 is 2.54 bits per heavy atom. The summed E-state index contributed by atoms with van der Waals surface area (Å²) in [5.74, 6) is 0.174. The molecule has 1 aliphatic rings. The lowest BCUT2D eigenvalue weighted by molar-refractivity contribution is -0.0778. The van der Waals surface area contributed by atoms with Gasteiger partial charge in [-0.15, -0.1) is 0 Å². The van der Waals surface area contributed by atoms with E-state index in [1.54, 1.807) is 4.68 Å². The normalized spacial score (nSPS) is 22.0. The SMILES string of the molecule is Cc1nn(C)c2nc(C(C)C)cc(C(=O)NCC(C)N3CC(C)OC(C)C3)c12. The molecule has 2 aromatic heterocycles. The smallest absolute Gasteiger partial charge is 0.252 e. The summed E-state index contributed by atoms with van der Waals surface area (Å²) < 4.78 is 7.57. The molecule has 28 heavy (non-hydrogen) atoms. The van der Waals surface area contributed by atoms with Crippen LogP contribution in [0.15, 0.2) is 6.07 Å². The van der Waals surface area contributed by atoms with Crippen LogP contribution in [-0.4, -0.2) is 63.5 Å². The molecule has 154 valence electrons. The first-order valence-electron chi connectivity index (χ1n) is 10.2. The molecule has 1 fully saturated rings. The number of rotatable bonds is 5. The number of ether oxygens (including phenoxy) is 1. The topological polar surface area (TPSA) is 72.3 Å². The Hall–Kier alpha value is -1.99. The molecule has 3 heterocycles. The maximum absolute atomic E-state index is 13.1. The second-order valence-electron chi connectivity index (χ2n) is 8.43. The van der Waals surface area contributed by atoms with Gasteiger partial charge in [0.1, 0.15) is 0 Å². The van der Waals surface area contributed by atoms with Gasteiger partial charge in [0.15, 0.2) is 5.65 Å². The van der Waals surface area contributed by atoms with E-state index in [1.807, 2.05) is 20.0 Å². The number of carbonyl (C=O) groups excluding carboxylic acids is 1. The number of hydrogen-bond donors (Lipinski definition) is 1. The van der Waals surface area contributed by atoms with Crippen molar-refractivity contribution in [3.63, 3.8) is 0 Å². The maximum Gasteiger partial charge on any atom is 0.252 e. The Balaban J connectivity index is 1.79. The molecule has 0 aliphatic carbocycles. The molecular weight excluding hydrogens is 354 g/mol. The zero-order valence-electron chi connectivity index (χ0n) is 18.1. The second kappa shape index (κ2) is 8.17. The Morgan fingerprint density at radius 2 is 1.93 bits per heavy atom. The molecule has 1 aliphatic heterocycles. The zero-order valence-corrected chi connectivity index (χ0v) is 18.1. The molecule has 3 rings (SSSR count). The minimum absolute atomic E-state index is 0.0633. The van der Waals surface area contributed by atoms with Crippen molar-refractivity contribution in [2.45, 2.75) is 65.7 Å². The highest BCUT2D eigenvalue weighted by Crippen LogP contribution is 2.25. The highest BCUT2D eigenvalue weighted by Gasteiger charge is 2.26. The van der Waals surface area contributed by atoms with Crippen molar-refractivity contribution in [3.05, 3.63) is 23.0 Å². The molecule has 3 atom stereocenters. The summed E-state index contributed by atoms with van der Waals surface area (Å²) in [5.41, 5.74) is 3.16. The summed E-state index contributed by atoms with van der Waals surface area (Å²) in [5, 5.41) is 8.44. The van der Waals surface area contributed by atoms with E-state index in [9.17, 15) is 4.79 Å². The van der Waals surface area contributed by atoms with Gasteiger partial charge in [-0.2, -0.15) is 5.10 Å². The maximum atomic E-state index is 13.1. The van der Waals surface area contributed by atoms with Crippen LogP contribution in [0.25, 0.3) is 11.0 Å². The third kappa shape index (κ3) is 4.20. The standard InChI is InChI=1S/C21H33N5O2/c1-12(2)18-8-17(19-16(6)24-25(7)20(19)23-18)21(27)22-9-13(3)26-10-14(4)28-15(5)11-26/h8,12-15H,9-11H2,1-7H3,(H,22,27). The van der Waals surface area contributed by atoms with Crippen LogP contribution in [-0.2, 0) is 11.8 Å². The van der Waals surface area contributed by atoms with Crippen molar-refractivity contribution in [1.29, 1.82) is 0 Å². The monoisotopic (exact) mass is 387 g/mol. The third-order valence-corrected chi connectivity index (χ3v) is 5.45. The Morgan fingerprint density at radius 1 is 1.29 bits per heavy atom. The average Bonchev–Trinajstić information content (AvgIpc) is 2.91. The van der Waals surface area contributed by atoms with Crippen LogP contribution in [0.2, 0.25) is 0 Å². The van der Waals surface area contributed by atoms with Crippen LogP contribution in [0.4, 0.5) is 0 Å². The fourth-order valence-corrected chi connectivity index (χ4v) is 3.98. The van der Waals surface area contributed by atoms with Gasteiger partial charge in [0.2, 0.25) is 0 Å². The van der Waals surface area contributed by atoms with Crippen LogP contribution in [0.5, 0.6) is 0 Å². The molecular formula is C21H33N5O2. The predicted octanol–water partition coefficient (Wildman–Crippen LogP) is 2.63. The number of aryl methyl sites for hydroxylation is 2. The number of nitrogens with one attached hydrogen (secondary N) is 1. The van der Waals surface area contributed by atoms with Gasteiger partial charge in [-0.3, -0.25) is 14.4 Å². The molecule has 0 spiro atoms. The molecule has 3 unspecified atom stereocenters. The molecule has 0 bridgehead atoms. The van der Waals surface area contributed by atoms with E-state index in [-0.39, 0.29) is 30.1 Å². The lowest BCUT2D eigenvalue weighted by Gasteiger charge is -2.39. The Kier molecular flexibility index (Phi) is 6.05. The summed E-state index contributed by atoms with van der Waals surface area (Å²) in [6.45, 7) is 14.8. The van der Waals surface area contributed by atoms with Crippen LogP contribution in [0, 0.1) is 6.92 Å². The van der Waals surface area contributed by atoms with E-state index < -0.39 is 0 Å². The quantitative estimate of drug-likeness (QED) is 0.854. The fourth-order valence-electron chi connectivity index (χ4n) is 3.98. The van der Waals surface area contributed by atoms with Gasteiger partial charge >= 0.3 is 0 Å². The van der Waals surface area contributed by atoms with Crippen molar-refractivity contribution in [3.8, 4) is 0 Å². The van der Waals surface area contributed by atoms with E-state index in [1.165, 1.54) is 0 Å². The molecule has 0 saturated carbocycles. The van der Waals surface area contributed by atoms with Crippen LogP contribution in [0.1, 0.15) is 62.3 Å². The number of hydrogen-bond acceptors (Lipinski definition) is 5. The number of aromatic nitrogens is 3.